The summed E-state index contributed by atoms with van der Waals surface area (Å²) in [6.45, 7) is 5.66. The number of piperazine rings is 1. The van der Waals surface area contributed by atoms with Gasteiger partial charge in [0.15, 0.2) is 5.82 Å². The molecule has 0 unspecified atom stereocenters. The van der Waals surface area contributed by atoms with Crippen molar-refractivity contribution in [1.82, 2.24) is 34.9 Å². The van der Waals surface area contributed by atoms with Crippen LogP contribution < -0.4 is 4.74 Å². The van der Waals surface area contributed by atoms with Gasteiger partial charge in [-0.3, -0.25) is 24.2 Å². The minimum absolute atomic E-state index is 0.0644. The van der Waals surface area contributed by atoms with Gasteiger partial charge in [-0.05, 0) is 53.7 Å². The lowest BCUT2D eigenvalue weighted by Crippen LogP contribution is -2.49. The molecule has 3 heterocycles. The van der Waals surface area contributed by atoms with Crippen molar-refractivity contribution in [2.45, 2.75) is 19.9 Å². The molecule has 0 bridgehead atoms. The first-order valence-electron chi connectivity index (χ1n) is 12.0. The van der Waals surface area contributed by atoms with Crippen molar-refractivity contribution in [3.05, 3.63) is 65.5 Å². The Labute approximate surface area is 208 Å². The summed E-state index contributed by atoms with van der Waals surface area (Å²) in [4.78, 5) is 43.0. The molecule has 2 aromatic carbocycles. The van der Waals surface area contributed by atoms with Crippen molar-refractivity contribution in [2.24, 2.45) is 0 Å². The van der Waals surface area contributed by atoms with Crippen LogP contribution in [0.25, 0.3) is 5.69 Å². The second-order valence-electron chi connectivity index (χ2n) is 8.65. The van der Waals surface area contributed by atoms with Crippen LogP contribution in [-0.2, 0) is 11.3 Å². The zero-order valence-corrected chi connectivity index (χ0v) is 20.0. The molecule has 0 N–H and O–H groups in total. The van der Waals surface area contributed by atoms with Crippen molar-refractivity contribution >= 4 is 17.7 Å². The van der Waals surface area contributed by atoms with E-state index in [1.165, 1.54) is 4.90 Å². The van der Waals surface area contributed by atoms with E-state index in [-0.39, 0.29) is 30.7 Å². The minimum Gasteiger partial charge on any atom is -0.494 e. The van der Waals surface area contributed by atoms with E-state index in [1.54, 1.807) is 33.8 Å². The Bertz CT molecular complexity index is 1230. The molecule has 1 aromatic heterocycles. The van der Waals surface area contributed by atoms with Gasteiger partial charge in [0.1, 0.15) is 5.75 Å². The van der Waals surface area contributed by atoms with E-state index in [2.05, 4.69) is 20.4 Å². The van der Waals surface area contributed by atoms with Crippen LogP contribution in [-0.4, -0.2) is 92.0 Å². The van der Waals surface area contributed by atoms with Gasteiger partial charge >= 0.3 is 0 Å². The fourth-order valence-corrected chi connectivity index (χ4v) is 4.52. The fraction of sp³-hybridized carbons (Fsp3) is 0.360. The standard InChI is InChI=1S/C25H27N7O4/c1-2-36-19-9-7-18(8-10-19)32-22(26-27-28-32)17-29-13-15-30(16-14-29)23(33)11-12-31-24(34)20-5-3-4-6-21(20)25(31)35/h3-10H,2,11-17H2,1H3. The Hall–Kier alpha value is -4.12. The quantitative estimate of drug-likeness (QED) is 0.436. The summed E-state index contributed by atoms with van der Waals surface area (Å²) in [5, 5.41) is 12.1. The number of rotatable bonds is 8. The number of carbonyl (C=O) groups excluding carboxylic acids is 3. The van der Waals surface area contributed by atoms with Crippen LogP contribution in [0.4, 0.5) is 0 Å². The molecule has 2 aliphatic heterocycles. The summed E-state index contributed by atoms with van der Waals surface area (Å²) in [5.74, 6) is 0.770. The number of hydrogen-bond donors (Lipinski definition) is 0. The second kappa shape index (κ2) is 10.2. The third kappa shape index (κ3) is 4.69. The molecule has 0 saturated carbocycles. The highest BCUT2D eigenvalue weighted by Gasteiger charge is 2.35. The van der Waals surface area contributed by atoms with Gasteiger partial charge in [-0.15, -0.1) is 5.10 Å². The monoisotopic (exact) mass is 489 g/mol. The van der Waals surface area contributed by atoms with Gasteiger partial charge in [-0.1, -0.05) is 12.1 Å². The highest BCUT2D eigenvalue weighted by atomic mass is 16.5. The fourth-order valence-electron chi connectivity index (χ4n) is 4.52. The molecule has 36 heavy (non-hydrogen) atoms. The van der Waals surface area contributed by atoms with Gasteiger partial charge in [0, 0.05) is 39.1 Å². The Morgan fingerprint density at radius 2 is 1.61 bits per heavy atom. The van der Waals surface area contributed by atoms with Crippen LogP contribution in [0.2, 0.25) is 0 Å². The molecule has 1 fully saturated rings. The van der Waals surface area contributed by atoms with Crippen LogP contribution >= 0.6 is 0 Å². The van der Waals surface area contributed by atoms with Gasteiger partial charge < -0.3 is 9.64 Å². The van der Waals surface area contributed by atoms with E-state index >= 15 is 0 Å². The number of amides is 3. The molecule has 0 spiro atoms. The van der Waals surface area contributed by atoms with E-state index in [0.29, 0.717) is 56.3 Å². The number of fused-ring (bicyclic) bond motifs is 1. The maximum atomic E-state index is 12.8. The van der Waals surface area contributed by atoms with Gasteiger partial charge in [-0.2, -0.15) is 4.68 Å². The molecule has 0 radical (unpaired) electrons. The zero-order valence-electron chi connectivity index (χ0n) is 20.0. The van der Waals surface area contributed by atoms with Crippen LogP contribution in [0.5, 0.6) is 5.75 Å². The summed E-state index contributed by atoms with van der Waals surface area (Å²) >= 11 is 0. The molecule has 11 heteroatoms. The number of benzene rings is 2. The first-order valence-corrected chi connectivity index (χ1v) is 12.0. The maximum Gasteiger partial charge on any atom is 0.261 e. The summed E-state index contributed by atoms with van der Waals surface area (Å²) in [7, 11) is 0. The Kier molecular flexibility index (Phi) is 6.72. The lowest BCUT2D eigenvalue weighted by Gasteiger charge is -2.34. The summed E-state index contributed by atoms with van der Waals surface area (Å²) in [6.07, 6.45) is 0.113. The predicted octanol–water partition coefficient (Wildman–Crippen LogP) is 1.39. The maximum absolute atomic E-state index is 12.8. The highest BCUT2D eigenvalue weighted by Crippen LogP contribution is 2.23. The first kappa shape index (κ1) is 23.6. The molecule has 2 aliphatic rings. The van der Waals surface area contributed by atoms with Gasteiger partial charge in [0.25, 0.3) is 11.8 Å². The summed E-state index contributed by atoms with van der Waals surface area (Å²) in [5.41, 5.74) is 1.65. The number of nitrogens with zero attached hydrogens (tertiary/aromatic N) is 7. The number of aromatic nitrogens is 4. The Balaban J connectivity index is 1.12. The average Bonchev–Trinajstić information content (AvgIpc) is 3.46. The van der Waals surface area contributed by atoms with Crippen molar-refractivity contribution in [2.75, 3.05) is 39.3 Å². The highest BCUT2D eigenvalue weighted by molar-refractivity contribution is 6.21. The van der Waals surface area contributed by atoms with Crippen LogP contribution in [0.3, 0.4) is 0 Å². The SMILES string of the molecule is CCOc1ccc(-n2nnnc2CN2CCN(C(=O)CCN3C(=O)c4ccccc4C3=O)CC2)cc1. The number of hydrogen-bond acceptors (Lipinski definition) is 8. The summed E-state index contributed by atoms with van der Waals surface area (Å²) in [6, 6.07) is 14.3. The number of imide groups is 1. The van der Waals surface area contributed by atoms with Gasteiger partial charge in [0.2, 0.25) is 5.91 Å². The summed E-state index contributed by atoms with van der Waals surface area (Å²) < 4.78 is 7.20. The molecule has 11 nitrogen and oxygen atoms in total. The van der Waals surface area contributed by atoms with Gasteiger partial charge in [0.05, 0.1) is 30.0 Å². The average molecular weight is 490 g/mol. The largest absolute Gasteiger partial charge is 0.494 e. The number of carbonyl (C=O) groups is 3. The second-order valence-corrected chi connectivity index (χ2v) is 8.65. The lowest BCUT2D eigenvalue weighted by molar-refractivity contribution is -0.133. The van der Waals surface area contributed by atoms with E-state index in [1.807, 2.05) is 31.2 Å². The molecule has 1 saturated heterocycles. The van der Waals surface area contributed by atoms with Crippen LogP contribution in [0.15, 0.2) is 48.5 Å². The van der Waals surface area contributed by atoms with E-state index in [4.69, 9.17) is 4.74 Å². The van der Waals surface area contributed by atoms with Crippen molar-refractivity contribution in [3.63, 3.8) is 0 Å². The Morgan fingerprint density at radius 1 is 0.944 bits per heavy atom. The number of tetrazole rings is 1. The van der Waals surface area contributed by atoms with Crippen molar-refractivity contribution < 1.29 is 19.1 Å². The first-order chi connectivity index (χ1) is 17.5. The molecule has 5 rings (SSSR count). The molecule has 186 valence electrons. The molecule has 3 aromatic rings. The third-order valence-corrected chi connectivity index (χ3v) is 6.44. The third-order valence-electron chi connectivity index (χ3n) is 6.44. The van der Waals surface area contributed by atoms with Gasteiger partial charge in [-0.25, -0.2) is 0 Å². The van der Waals surface area contributed by atoms with E-state index < -0.39 is 0 Å². The Morgan fingerprint density at radius 3 is 2.25 bits per heavy atom. The predicted molar refractivity (Wildman–Crippen MR) is 129 cm³/mol. The number of ether oxygens (including phenoxy) is 1. The van der Waals surface area contributed by atoms with Crippen molar-refractivity contribution in [1.29, 1.82) is 0 Å². The van der Waals surface area contributed by atoms with E-state index in [0.717, 1.165) is 11.4 Å². The molecule has 0 atom stereocenters. The molecular formula is C25H27N7O4. The molecule has 0 aliphatic carbocycles. The zero-order chi connectivity index (χ0) is 25.1. The minimum atomic E-state index is -0.335. The van der Waals surface area contributed by atoms with Crippen molar-refractivity contribution in [3.8, 4) is 11.4 Å². The van der Waals surface area contributed by atoms with Crippen LogP contribution in [0, 0.1) is 0 Å². The normalized spacial score (nSPS) is 15.9. The molecular weight excluding hydrogens is 462 g/mol. The lowest BCUT2D eigenvalue weighted by atomic mass is 10.1. The van der Waals surface area contributed by atoms with Crippen LogP contribution in [0.1, 0.15) is 39.9 Å². The topological polar surface area (TPSA) is 114 Å². The van der Waals surface area contributed by atoms with E-state index in [9.17, 15) is 14.4 Å². The smallest absolute Gasteiger partial charge is 0.261 e. The molecule has 3 amide bonds.